The van der Waals surface area contributed by atoms with Crippen molar-refractivity contribution in [2.75, 3.05) is 33.0 Å². The Morgan fingerprint density at radius 2 is 1.62 bits per heavy atom. The van der Waals surface area contributed by atoms with Gasteiger partial charge in [0, 0.05) is 6.61 Å². The highest BCUT2D eigenvalue weighted by molar-refractivity contribution is 5.28. The van der Waals surface area contributed by atoms with Gasteiger partial charge in [0.15, 0.2) is 0 Å². The fourth-order valence-electron chi connectivity index (χ4n) is 1.76. The minimum Gasteiger partial charge on any atom is -0.494 e. The molecule has 0 aliphatic heterocycles. The van der Waals surface area contributed by atoms with Crippen molar-refractivity contribution in [1.29, 1.82) is 0 Å². The fourth-order valence-corrected chi connectivity index (χ4v) is 1.76. The molecule has 0 saturated carbocycles. The Bertz CT molecular complexity index is 350. The van der Waals surface area contributed by atoms with Crippen LogP contribution in [0.2, 0.25) is 0 Å². The van der Waals surface area contributed by atoms with Crippen LogP contribution < -0.4 is 4.74 Å². The molecule has 120 valence electrons. The van der Waals surface area contributed by atoms with Gasteiger partial charge in [-0.3, -0.25) is 0 Å². The van der Waals surface area contributed by atoms with E-state index in [0.29, 0.717) is 19.8 Å². The zero-order valence-electron chi connectivity index (χ0n) is 13.2. The molecule has 0 amide bonds. The van der Waals surface area contributed by atoms with Crippen LogP contribution in [0, 0.1) is 0 Å². The van der Waals surface area contributed by atoms with Crippen molar-refractivity contribution in [2.45, 2.75) is 39.2 Å². The number of unbranched alkanes of at least 4 members (excludes halogenated alkanes) is 1. The van der Waals surface area contributed by atoms with Crippen molar-refractivity contribution >= 4 is 0 Å². The summed E-state index contributed by atoms with van der Waals surface area (Å²) in [5.41, 5.74) is 0.839. The zero-order valence-corrected chi connectivity index (χ0v) is 13.2. The molecule has 0 heterocycles. The summed E-state index contributed by atoms with van der Waals surface area (Å²) in [6.07, 6.45) is 2.59. The smallest absolute Gasteiger partial charge is 0.119 e. The van der Waals surface area contributed by atoms with Gasteiger partial charge in [-0.1, -0.05) is 32.4 Å². The van der Waals surface area contributed by atoms with Gasteiger partial charge in [-0.15, -0.1) is 0 Å². The van der Waals surface area contributed by atoms with E-state index in [0.717, 1.165) is 37.2 Å². The highest BCUT2D eigenvalue weighted by Gasteiger charge is 2.07. The zero-order chi connectivity index (χ0) is 15.3. The van der Waals surface area contributed by atoms with Crippen LogP contribution >= 0.6 is 0 Å². The predicted molar refractivity (Wildman–Crippen MR) is 83.7 cm³/mol. The molecule has 1 aromatic rings. The fraction of sp³-hybridized carbons (Fsp3) is 0.647. The van der Waals surface area contributed by atoms with Crippen molar-refractivity contribution in [3.63, 3.8) is 0 Å². The second kappa shape index (κ2) is 11.5. The molecule has 0 saturated heterocycles. The summed E-state index contributed by atoms with van der Waals surface area (Å²) in [7, 11) is 0. The summed E-state index contributed by atoms with van der Waals surface area (Å²) in [4.78, 5) is 0. The van der Waals surface area contributed by atoms with Crippen molar-refractivity contribution in [2.24, 2.45) is 0 Å². The third kappa shape index (κ3) is 8.05. The van der Waals surface area contributed by atoms with Crippen molar-refractivity contribution in [3.05, 3.63) is 29.8 Å². The van der Waals surface area contributed by atoms with E-state index in [4.69, 9.17) is 14.2 Å². The van der Waals surface area contributed by atoms with Gasteiger partial charge in [0.1, 0.15) is 11.9 Å². The summed E-state index contributed by atoms with van der Waals surface area (Å²) >= 11 is 0. The van der Waals surface area contributed by atoms with E-state index >= 15 is 0 Å². The molecule has 0 fully saturated rings. The maximum absolute atomic E-state index is 10.0. The third-order valence-corrected chi connectivity index (χ3v) is 3.03. The van der Waals surface area contributed by atoms with Gasteiger partial charge >= 0.3 is 0 Å². The van der Waals surface area contributed by atoms with E-state index in [-0.39, 0.29) is 6.61 Å². The maximum atomic E-state index is 10.0. The minimum absolute atomic E-state index is 0.284. The van der Waals surface area contributed by atoms with E-state index < -0.39 is 6.10 Å². The molecule has 21 heavy (non-hydrogen) atoms. The maximum Gasteiger partial charge on any atom is 0.119 e. The molecule has 4 nitrogen and oxygen atoms in total. The van der Waals surface area contributed by atoms with Crippen LogP contribution in [0.15, 0.2) is 24.3 Å². The molecule has 0 aliphatic carbocycles. The molecular formula is C17H28O4. The molecule has 1 aromatic carbocycles. The monoisotopic (exact) mass is 296 g/mol. The summed E-state index contributed by atoms with van der Waals surface area (Å²) < 4.78 is 16.3. The number of aliphatic hydroxyl groups is 1. The SMILES string of the molecule is CCCCOCCOCC(O)c1ccc(OCCC)cc1. The first-order valence-electron chi connectivity index (χ1n) is 7.84. The van der Waals surface area contributed by atoms with Crippen LogP contribution in [0.5, 0.6) is 5.75 Å². The van der Waals surface area contributed by atoms with Gasteiger partial charge in [0.25, 0.3) is 0 Å². The lowest BCUT2D eigenvalue weighted by atomic mass is 10.1. The third-order valence-electron chi connectivity index (χ3n) is 3.03. The highest BCUT2D eigenvalue weighted by Crippen LogP contribution is 2.18. The Kier molecular flexibility index (Phi) is 9.87. The largest absolute Gasteiger partial charge is 0.494 e. The molecule has 0 aromatic heterocycles. The lowest BCUT2D eigenvalue weighted by Gasteiger charge is -2.13. The topological polar surface area (TPSA) is 47.9 Å². The Morgan fingerprint density at radius 1 is 0.905 bits per heavy atom. The Morgan fingerprint density at radius 3 is 2.29 bits per heavy atom. The summed E-state index contributed by atoms with van der Waals surface area (Å²) in [6.45, 7) is 7.07. The summed E-state index contributed by atoms with van der Waals surface area (Å²) in [6, 6.07) is 7.50. The highest BCUT2D eigenvalue weighted by atomic mass is 16.5. The number of ether oxygens (including phenoxy) is 3. The second-order valence-corrected chi connectivity index (χ2v) is 4.97. The number of hydrogen-bond acceptors (Lipinski definition) is 4. The number of hydrogen-bond donors (Lipinski definition) is 1. The van der Waals surface area contributed by atoms with Gasteiger partial charge in [0.05, 0.1) is 26.4 Å². The van der Waals surface area contributed by atoms with E-state index in [9.17, 15) is 5.11 Å². The average molecular weight is 296 g/mol. The van der Waals surface area contributed by atoms with Crippen LogP contribution in [0.25, 0.3) is 0 Å². The molecule has 0 radical (unpaired) electrons. The average Bonchev–Trinajstić information content (AvgIpc) is 2.52. The number of rotatable bonds is 12. The van der Waals surface area contributed by atoms with Gasteiger partial charge in [-0.25, -0.2) is 0 Å². The predicted octanol–water partition coefficient (Wildman–Crippen LogP) is 3.34. The molecule has 1 unspecified atom stereocenters. The Balaban J connectivity index is 2.17. The van der Waals surface area contributed by atoms with Crippen molar-refractivity contribution < 1.29 is 19.3 Å². The summed E-state index contributed by atoms with van der Waals surface area (Å²) in [5, 5.41) is 10.0. The second-order valence-electron chi connectivity index (χ2n) is 4.97. The standard InChI is InChI=1S/C17H28O4/c1-3-5-11-19-12-13-20-14-17(18)15-6-8-16(9-7-15)21-10-4-2/h6-9,17-18H,3-5,10-14H2,1-2H3. The van der Waals surface area contributed by atoms with Gasteiger partial charge < -0.3 is 19.3 Å². The minimum atomic E-state index is -0.610. The molecule has 0 spiro atoms. The van der Waals surface area contributed by atoms with Gasteiger partial charge in [-0.2, -0.15) is 0 Å². The number of aliphatic hydroxyl groups excluding tert-OH is 1. The Hall–Kier alpha value is -1.10. The van der Waals surface area contributed by atoms with Crippen LogP contribution in [0.1, 0.15) is 44.8 Å². The van der Waals surface area contributed by atoms with Crippen LogP contribution in [0.4, 0.5) is 0 Å². The van der Waals surface area contributed by atoms with E-state index in [1.165, 1.54) is 0 Å². The first kappa shape index (κ1) is 18.0. The van der Waals surface area contributed by atoms with Gasteiger partial charge in [-0.05, 0) is 30.5 Å². The number of benzene rings is 1. The summed E-state index contributed by atoms with van der Waals surface area (Å²) in [5.74, 6) is 0.832. The molecule has 1 rings (SSSR count). The molecule has 0 bridgehead atoms. The van der Waals surface area contributed by atoms with Crippen molar-refractivity contribution in [3.8, 4) is 5.75 Å². The molecular weight excluding hydrogens is 268 g/mol. The van der Waals surface area contributed by atoms with Gasteiger partial charge in [0.2, 0.25) is 0 Å². The van der Waals surface area contributed by atoms with Crippen LogP contribution in [-0.4, -0.2) is 38.1 Å². The van der Waals surface area contributed by atoms with E-state index in [1.54, 1.807) is 0 Å². The lowest BCUT2D eigenvalue weighted by Crippen LogP contribution is -2.11. The molecule has 1 atom stereocenters. The first-order valence-corrected chi connectivity index (χ1v) is 7.84. The molecule has 1 N–H and O–H groups in total. The first-order chi connectivity index (χ1) is 10.3. The van der Waals surface area contributed by atoms with E-state index in [1.807, 2.05) is 24.3 Å². The van der Waals surface area contributed by atoms with Crippen LogP contribution in [-0.2, 0) is 9.47 Å². The normalized spacial score (nSPS) is 12.3. The van der Waals surface area contributed by atoms with Crippen molar-refractivity contribution in [1.82, 2.24) is 0 Å². The Labute approximate surface area is 128 Å². The van der Waals surface area contributed by atoms with Crippen LogP contribution in [0.3, 0.4) is 0 Å². The molecule has 0 aliphatic rings. The lowest BCUT2D eigenvalue weighted by molar-refractivity contribution is 0.00274. The molecule has 4 heteroatoms. The quantitative estimate of drug-likeness (QED) is 0.601. The van der Waals surface area contributed by atoms with E-state index in [2.05, 4.69) is 13.8 Å².